The van der Waals surface area contributed by atoms with Crippen molar-refractivity contribution in [2.45, 2.75) is 32.6 Å². The fourth-order valence-electron chi connectivity index (χ4n) is 3.99. The Kier molecular flexibility index (Phi) is 6.97. The Hall–Kier alpha value is -4.06. The predicted octanol–water partition coefficient (Wildman–Crippen LogP) is 4.99. The summed E-state index contributed by atoms with van der Waals surface area (Å²) in [5.74, 6) is -0.527. The van der Waals surface area contributed by atoms with Crippen LogP contribution in [0.2, 0.25) is 0 Å². The molecular formula is C28H25NO5. The summed E-state index contributed by atoms with van der Waals surface area (Å²) in [6.45, 7) is 2.13. The van der Waals surface area contributed by atoms with Crippen molar-refractivity contribution in [1.82, 2.24) is 4.90 Å². The first-order valence-corrected chi connectivity index (χ1v) is 11.3. The van der Waals surface area contributed by atoms with Crippen LogP contribution in [0.5, 0.6) is 5.75 Å². The molecule has 3 aromatic carbocycles. The molecule has 1 heterocycles. The second-order valence-electron chi connectivity index (χ2n) is 8.27. The fraction of sp³-hybridized carbons (Fsp3) is 0.214. The SMILES string of the molecule is Cc1cc(C(=O)c2ccccc2)ccc1OC(=O)CCCCCN1C(=O)c2ccccc2C1=O. The molecule has 0 spiro atoms. The lowest BCUT2D eigenvalue weighted by Crippen LogP contribution is -2.30. The van der Waals surface area contributed by atoms with E-state index < -0.39 is 0 Å². The molecule has 0 bridgehead atoms. The van der Waals surface area contributed by atoms with Gasteiger partial charge in [-0.15, -0.1) is 0 Å². The lowest BCUT2D eigenvalue weighted by molar-refractivity contribution is -0.134. The number of esters is 1. The maximum Gasteiger partial charge on any atom is 0.311 e. The van der Waals surface area contributed by atoms with Crippen LogP contribution in [0.25, 0.3) is 0 Å². The van der Waals surface area contributed by atoms with E-state index in [9.17, 15) is 19.2 Å². The highest BCUT2D eigenvalue weighted by Crippen LogP contribution is 2.24. The Morgan fingerprint density at radius 1 is 0.765 bits per heavy atom. The number of fused-ring (bicyclic) bond motifs is 1. The van der Waals surface area contributed by atoms with Gasteiger partial charge in [0.25, 0.3) is 11.8 Å². The highest BCUT2D eigenvalue weighted by molar-refractivity contribution is 6.21. The van der Waals surface area contributed by atoms with Crippen molar-refractivity contribution < 1.29 is 23.9 Å². The van der Waals surface area contributed by atoms with Crippen molar-refractivity contribution in [1.29, 1.82) is 0 Å². The van der Waals surface area contributed by atoms with Gasteiger partial charge < -0.3 is 4.74 Å². The Bertz CT molecular complexity index is 1210. The highest BCUT2D eigenvalue weighted by Gasteiger charge is 2.34. The van der Waals surface area contributed by atoms with Crippen molar-refractivity contribution >= 4 is 23.6 Å². The number of imide groups is 1. The van der Waals surface area contributed by atoms with E-state index in [-0.39, 0.29) is 30.0 Å². The molecule has 3 aromatic rings. The molecule has 1 aliphatic rings. The second-order valence-corrected chi connectivity index (χ2v) is 8.27. The molecule has 0 aliphatic carbocycles. The number of benzene rings is 3. The van der Waals surface area contributed by atoms with Crippen LogP contribution in [0.3, 0.4) is 0 Å². The van der Waals surface area contributed by atoms with Crippen molar-refractivity contribution in [2.24, 2.45) is 0 Å². The Morgan fingerprint density at radius 3 is 2.06 bits per heavy atom. The van der Waals surface area contributed by atoms with Crippen LogP contribution >= 0.6 is 0 Å². The van der Waals surface area contributed by atoms with Gasteiger partial charge in [0.1, 0.15) is 5.75 Å². The van der Waals surface area contributed by atoms with Gasteiger partial charge in [0, 0.05) is 24.1 Å². The summed E-state index contributed by atoms with van der Waals surface area (Å²) in [4.78, 5) is 50.9. The molecule has 0 atom stereocenters. The average Bonchev–Trinajstić information content (AvgIpc) is 3.10. The van der Waals surface area contributed by atoms with Crippen LogP contribution in [0, 0.1) is 6.92 Å². The molecule has 1 aliphatic heterocycles. The average molecular weight is 456 g/mol. The second kappa shape index (κ2) is 10.3. The van der Waals surface area contributed by atoms with E-state index in [0.717, 1.165) is 0 Å². The summed E-state index contributed by atoms with van der Waals surface area (Å²) in [6, 6.07) is 20.9. The smallest absolute Gasteiger partial charge is 0.311 e. The standard InChI is InChI=1S/C28H25NO5/c1-19-18-21(26(31)20-10-4-2-5-11-20)15-16-24(19)34-25(30)14-6-3-9-17-29-27(32)22-12-7-8-13-23(22)28(29)33/h2,4-5,7-8,10-13,15-16,18H,3,6,9,14,17H2,1H3. The lowest BCUT2D eigenvalue weighted by atomic mass is 10.0. The van der Waals surface area contributed by atoms with E-state index in [1.807, 2.05) is 18.2 Å². The van der Waals surface area contributed by atoms with Crippen LogP contribution < -0.4 is 4.74 Å². The van der Waals surface area contributed by atoms with Crippen molar-refractivity contribution in [3.63, 3.8) is 0 Å². The van der Waals surface area contributed by atoms with Gasteiger partial charge in [-0.3, -0.25) is 24.1 Å². The Labute approximate surface area is 198 Å². The molecule has 0 unspecified atom stereocenters. The molecule has 4 rings (SSSR count). The quantitative estimate of drug-likeness (QED) is 0.149. The summed E-state index contributed by atoms with van der Waals surface area (Å²) < 4.78 is 5.47. The minimum Gasteiger partial charge on any atom is -0.426 e. The molecule has 34 heavy (non-hydrogen) atoms. The van der Waals surface area contributed by atoms with Crippen molar-refractivity contribution in [3.8, 4) is 5.75 Å². The number of ether oxygens (including phenoxy) is 1. The topological polar surface area (TPSA) is 80.8 Å². The molecule has 6 heteroatoms. The molecule has 0 saturated carbocycles. The van der Waals surface area contributed by atoms with Gasteiger partial charge in [-0.25, -0.2) is 0 Å². The molecular weight excluding hydrogens is 430 g/mol. The zero-order chi connectivity index (χ0) is 24.1. The number of unbranched alkanes of at least 4 members (excludes halogenated alkanes) is 2. The molecule has 0 fully saturated rings. The van der Waals surface area contributed by atoms with Crippen LogP contribution in [-0.4, -0.2) is 35.0 Å². The molecule has 0 radical (unpaired) electrons. The van der Waals surface area contributed by atoms with E-state index in [1.165, 1.54) is 4.90 Å². The van der Waals surface area contributed by atoms with Crippen molar-refractivity contribution in [2.75, 3.05) is 6.54 Å². The number of amides is 2. The molecule has 6 nitrogen and oxygen atoms in total. The number of aryl methyl sites for hydroxylation is 1. The van der Waals surface area contributed by atoms with Crippen LogP contribution in [-0.2, 0) is 4.79 Å². The Morgan fingerprint density at radius 2 is 1.41 bits per heavy atom. The van der Waals surface area contributed by atoms with E-state index >= 15 is 0 Å². The first-order chi connectivity index (χ1) is 16.5. The first kappa shape index (κ1) is 23.1. The van der Waals surface area contributed by atoms with Crippen LogP contribution in [0.1, 0.15) is 67.9 Å². The number of hydrogen-bond acceptors (Lipinski definition) is 5. The number of rotatable bonds is 9. The monoisotopic (exact) mass is 455 g/mol. The van der Waals surface area contributed by atoms with Crippen LogP contribution in [0.4, 0.5) is 0 Å². The predicted molar refractivity (Wildman–Crippen MR) is 127 cm³/mol. The third-order valence-electron chi connectivity index (χ3n) is 5.84. The minimum absolute atomic E-state index is 0.0837. The number of carbonyl (C=O) groups excluding carboxylic acids is 4. The van der Waals surface area contributed by atoms with Gasteiger partial charge in [-0.1, -0.05) is 48.9 Å². The molecule has 172 valence electrons. The van der Waals surface area contributed by atoms with E-state index in [1.54, 1.807) is 61.5 Å². The summed E-state index contributed by atoms with van der Waals surface area (Å²) >= 11 is 0. The Balaban J connectivity index is 1.22. The van der Waals surface area contributed by atoms with Gasteiger partial charge >= 0.3 is 5.97 Å². The number of carbonyl (C=O) groups is 4. The number of hydrogen-bond donors (Lipinski definition) is 0. The van der Waals surface area contributed by atoms with E-state index in [2.05, 4.69) is 0 Å². The lowest BCUT2D eigenvalue weighted by Gasteiger charge is -2.13. The van der Waals surface area contributed by atoms with Crippen LogP contribution in [0.15, 0.2) is 72.8 Å². The molecule has 0 N–H and O–H groups in total. The van der Waals surface area contributed by atoms with Gasteiger partial charge in [0.15, 0.2) is 5.78 Å². The third-order valence-corrected chi connectivity index (χ3v) is 5.84. The van der Waals surface area contributed by atoms with Gasteiger partial charge in [-0.05, 0) is 55.7 Å². The van der Waals surface area contributed by atoms with Gasteiger partial charge in [-0.2, -0.15) is 0 Å². The van der Waals surface area contributed by atoms with Gasteiger partial charge in [0.05, 0.1) is 11.1 Å². The zero-order valence-electron chi connectivity index (χ0n) is 19.0. The van der Waals surface area contributed by atoms with E-state index in [0.29, 0.717) is 59.4 Å². The first-order valence-electron chi connectivity index (χ1n) is 11.3. The fourth-order valence-corrected chi connectivity index (χ4v) is 3.99. The maximum absolute atomic E-state index is 12.6. The normalized spacial score (nSPS) is 12.6. The third kappa shape index (κ3) is 4.96. The highest BCUT2D eigenvalue weighted by atomic mass is 16.5. The summed E-state index contributed by atoms with van der Waals surface area (Å²) in [5.41, 5.74) is 2.75. The number of ketones is 1. The minimum atomic E-state index is -0.356. The van der Waals surface area contributed by atoms with E-state index in [4.69, 9.17) is 4.74 Å². The van der Waals surface area contributed by atoms with Crippen molar-refractivity contribution in [3.05, 3.63) is 101 Å². The molecule has 0 saturated heterocycles. The largest absolute Gasteiger partial charge is 0.426 e. The summed E-state index contributed by atoms with van der Waals surface area (Å²) in [7, 11) is 0. The van der Waals surface area contributed by atoms with Gasteiger partial charge in [0.2, 0.25) is 0 Å². The molecule has 2 amide bonds. The maximum atomic E-state index is 12.6. The summed E-state index contributed by atoms with van der Waals surface area (Å²) in [6.07, 6.45) is 2.12. The molecule has 0 aromatic heterocycles. The number of nitrogens with zero attached hydrogens (tertiary/aromatic N) is 1. The summed E-state index contributed by atoms with van der Waals surface area (Å²) in [5, 5.41) is 0. The zero-order valence-corrected chi connectivity index (χ0v) is 19.0.